The van der Waals surface area contributed by atoms with Gasteiger partial charge in [0.25, 0.3) is 10.0 Å². The van der Waals surface area contributed by atoms with Crippen LogP contribution < -0.4 is 4.74 Å². The number of thiophene rings is 1. The Morgan fingerprint density at radius 1 is 1.19 bits per heavy atom. The molecule has 0 atom stereocenters. The van der Waals surface area contributed by atoms with Crippen LogP contribution in [0.25, 0.3) is 0 Å². The van der Waals surface area contributed by atoms with E-state index in [1.807, 2.05) is 26.0 Å². The van der Waals surface area contributed by atoms with Gasteiger partial charge >= 0.3 is 0 Å². The molecule has 0 saturated heterocycles. The van der Waals surface area contributed by atoms with Gasteiger partial charge in [0.2, 0.25) is 0 Å². The molecule has 1 aromatic carbocycles. The van der Waals surface area contributed by atoms with Gasteiger partial charge in [-0.2, -0.15) is 4.31 Å². The first kappa shape index (κ1) is 16.0. The number of likely N-dealkylation sites (N-methyl/N-ethyl adjacent to an activating group) is 1. The van der Waals surface area contributed by atoms with E-state index in [9.17, 15) is 8.42 Å². The lowest BCUT2D eigenvalue weighted by Gasteiger charge is -2.16. The summed E-state index contributed by atoms with van der Waals surface area (Å²) in [7, 11) is -1.83. The second-order valence-corrected chi connectivity index (χ2v) is 8.15. The van der Waals surface area contributed by atoms with Crippen LogP contribution in [0.5, 0.6) is 5.75 Å². The first-order valence-corrected chi connectivity index (χ1v) is 8.92. The van der Waals surface area contributed by atoms with Gasteiger partial charge in [0, 0.05) is 13.6 Å². The minimum Gasteiger partial charge on any atom is -0.492 e. The van der Waals surface area contributed by atoms with Crippen molar-refractivity contribution in [2.45, 2.75) is 18.1 Å². The molecule has 0 bridgehead atoms. The predicted octanol–water partition coefficient (Wildman–Crippen LogP) is 3.06. The highest BCUT2D eigenvalue weighted by Crippen LogP contribution is 2.20. The maximum Gasteiger partial charge on any atom is 0.252 e. The third-order valence-electron chi connectivity index (χ3n) is 3.03. The minimum atomic E-state index is -3.39. The summed E-state index contributed by atoms with van der Waals surface area (Å²) in [5.41, 5.74) is 2.26. The topological polar surface area (TPSA) is 46.6 Å². The van der Waals surface area contributed by atoms with E-state index in [4.69, 9.17) is 4.74 Å². The number of benzene rings is 1. The third-order valence-corrected chi connectivity index (χ3v) is 6.26. The SMILES string of the molecule is Cc1cc(C)cc(OCCN(C)S(=O)(=O)c2cccs2)c1. The monoisotopic (exact) mass is 325 g/mol. The van der Waals surface area contributed by atoms with Crippen LogP contribution in [0.1, 0.15) is 11.1 Å². The first-order chi connectivity index (χ1) is 9.89. The van der Waals surface area contributed by atoms with E-state index in [0.717, 1.165) is 16.9 Å². The minimum absolute atomic E-state index is 0.313. The molecule has 0 saturated carbocycles. The highest BCUT2D eigenvalue weighted by molar-refractivity contribution is 7.91. The Labute approximate surface area is 130 Å². The average molecular weight is 325 g/mol. The average Bonchev–Trinajstić information content (AvgIpc) is 2.91. The van der Waals surface area contributed by atoms with Crippen molar-refractivity contribution >= 4 is 21.4 Å². The fourth-order valence-corrected chi connectivity index (χ4v) is 4.35. The molecular weight excluding hydrogens is 306 g/mol. The maximum atomic E-state index is 12.2. The van der Waals surface area contributed by atoms with Crippen LogP contribution in [0.2, 0.25) is 0 Å². The van der Waals surface area contributed by atoms with E-state index < -0.39 is 10.0 Å². The molecule has 1 aromatic heterocycles. The summed E-state index contributed by atoms with van der Waals surface area (Å²) >= 11 is 1.22. The van der Waals surface area contributed by atoms with Crippen molar-refractivity contribution in [3.05, 3.63) is 46.8 Å². The number of rotatable bonds is 6. The van der Waals surface area contributed by atoms with Gasteiger partial charge in [-0.1, -0.05) is 12.1 Å². The molecule has 4 nitrogen and oxygen atoms in total. The molecule has 1 heterocycles. The summed E-state index contributed by atoms with van der Waals surface area (Å²) in [6.45, 7) is 4.65. The van der Waals surface area contributed by atoms with E-state index in [-0.39, 0.29) is 0 Å². The number of hydrogen-bond acceptors (Lipinski definition) is 4. The molecule has 0 fully saturated rings. The van der Waals surface area contributed by atoms with Gasteiger partial charge in [0.05, 0.1) is 0 Å². The lowest BCUT2D eigenvalue weighted by Crippen LogP contribution is -2.30. The first-order valence-electron chi connectivity index (χ1n) is 6.60. The molecule has 2 aromatic rings. The van der Waals surface area contributed by atoms with E-state index >= 15 is 0 Å². The molecule has 0 aliphatic carbocycles. The van der Waals surface area contributed by atoms with Gasteiger partial charge in [-0.25, -0.2) is 8.42 Å². The fourth-order valence-electron chi connectivity index (χ4n) is 1.99. The molecule has 2 rings (SSSR count). The molecule has 0 radical (unpaired) electrons. The molecule has 0 spiro atoms. The Morgan fingerprint density at radius 3 is 2.43 bits per heavy atom. The van der Waals surface area contributed by atoms with Gasteiger partial charge in [-0.15, -0.1) is 11.3 Å². The molecule has 0 aliphatic heterocycles. The Balaban J connectivity index is 1.94. The largest absolute Gasteiger partial charge is 0.492 e. The van der Waals surface area contributed by atoms with Crippen LogP contribution in [-0.2, 0) is 10.0 Å². The highest BCUT2D eigenvalue weighted by Gasteiger charge is 2.21. The van der Waals surface area contributed by atoms with Crippen LogP contribution in [0.4, 0.5) is 0 Å². The zero-order chi connectivity index (χ0) is 15.5. The second-order valence-electron chi connectivity index (χ2n) is 4.93. The van der Waals surface area contributed by atoms with Crippen LogP contribution in [0, 0.1) is 13.8 Å². The summed E-state index contributed by atoms with van der Waals surface area (Å²) in [4.78, 5) is 0. The molecule has 21 heavy (non-hydrogen) atoms. The lowest BCUT2D eigenvalue weighted by atomic mass is 10.1. The summed E-state index contributed by atoms with van der Waals surface area (Å²) in [6, 6.07) is 9.31. The number of aryl methyl sites for hydroxylation is 2. The molecule has 0 aliphatic rings. The van der Waals surface area contributed by atoms with Crippen molar-refractivity contribution in [3.63, 3.8) is 0 Å². The van der Waals surface area contributed by atoms with E-state index in [1.54, 1.807) is 24.6 Å². The predicted molar refractivity (Wildman–Crippen MR) is 85.5 cm³/mol. The zero-order valence-electron chi connectivity index (χ0n) is 12.4. The normalized spacial score (nSPS) is 11.8. The quantitative estimate of drug-likeness (QED) is 0.820. The van der Waals surface area contributed by atoms with Crippen LogP contribution in [0.3, 0.4) is 0 Å². The van der Waals surface area contributed by atoms with Gasteiger partial charge < -0.3 is 4.74 Å². The van der Waals surface area contributed by atoms with Crippen molar-refractivity contribution in [3.8, 4) is 5.75 Å². The number of ether oxygens (including phenoxy) is 1. The molecule has 114 valence electrons. The summed E-state index contributed by atoms with van der Waals surface area (Å²) in [5, 5.41) is 1.76. The number of sulfonamides is 1. The van der Waals surface area contributed by atoms with Crippen molar-refractivity contribution in [2.24, 2.45) is 0 Å². The van der Waals surface area contributed by atoms with Crippen molar-refractivity contribution in [1.29, 1.82) is 0 Å². The Kier molecular flexibility index (Phi) is 5.03. The van der Waals surface area contributed by atoms with E-state index in [1.165, 1.54) is 15.6 Å². The summed E-state index contributed by atoms with van der Waals surface area (Å²) in [5.74, 6) is 0.773. The molecule has 0 amide bonds. The van der Waals surface area contributed by atoms with Crippen molar-refractivity contribution in [2.75, 3.05) is 20.2 Å². The van der Waals surface area contributed by atoms with E-state index in [2.05, 4.69) is 6.07 Å². The standard InChI is InChI=1S/C15H19NO3S2/c1-12-9-13(2)11-14(10-12)19-7-6-16(3)21(17,18)15-5-4-8-20-15/h4-5,8-11H,6-7H2,1-3H3. The van der Waals surface area contributed by atoms with E-state index in [0.29, 0.717) is 17.4 Å². The van der Waals surface area contributed by atoms with Crippen LogP contribution in [-0.4, -0.2) is 32.9 Å². The summed E-state index contributed by atoms with van der Waals surface area (Å²) in [6.07, 6.45) is 0. The van der Waals surface area contributed by atoms with Crippen molar-refractivity contribution in [1.82, 2.24) is 4.31 Å². The van der Waals surface area contributed by atoms with Crippen LogP contribution >= 0.6 is 11.3 Å². The smallest absolute Gasteiger partial charge is 0.252 e. The van der Waals surface area contributed by atoms with Gasteiger partial charge in [-0.3, -0.25) is 0 Å². The number of nitrogens with zero attached hydrogens (tertiary/aromatic N) is 1. The molecule has 0 N–H and O–H groups in total. The fraction of sp³-hybridized carbons (Fsp3) is 0.333. The third kappa shape index (κ3) is 4.06. The maximum absolute atomic E-state index is 12.2. The molecule has 0 unspecified atom stereocenters. The second kappa shape index (κ2) is 6.60. The Hall–Kier alpha value is -1.37. The number of hydrogen-bond donors (Lipinski definition) is 0. The van der Waals surface area contributed by atoms with Crippen molar-refractivity contribution < 1.29 is 13.2 Å². The highest BCUT2D eigenvalue weighted by atomic mass is 32.2. The molecule has 6 heteroatoms. The van der Waals surface area contributed by atoms with Gasteiger partial charge in [0.15, 0.2) is 0 Å². The summed E-state index contributed by atoms with van der Waals surface area (Å²) < 4.78 is 31.8. The van der Waals surface area contributed by atoms with Gasteiger partial charge in [-0.05, 0) is 48.6 Å². The zero-order valence-corrected chi connectivity index (χ0v) is 14.0. The Morgan fingerprint density at radius 2 is 1.86 bits per heavy atom. The van der Waals surface area contributed by atoms with Crippen LogP contribution in [0.15, 0.2) is 39.9 Å². The molecular formula is C15H19NO3S2. The Bertz CT molecular complexity index is 673. The van der Waals surface area contributed by atoms with Gasteiger partial charge in [0.1, 0.15) is 16.6 Å². The lowest BCUT2D eigenvalue weighted by molar-refractivity contribution is 0.287.